The predicted molar refractivity (Wildman–Crippen MR) is 74.6 cm³/mol. The van der Waals surface area contributed by atoms with Gasteiger partial charge in [0.05, 0.1) is 18.5 Å². The van der Waals surface area contributed by atoms with Crippen molar-refractivity contribution in [3.63, 3.8) is 0 Å². The third-order valence-electron chi connectivity index (χ3n) is 3.11. The average molecular weight is 323 g/mol. The summed E-state index contributed by atoms with van der Waals surface area (Å²) in [5, 5.41) is 8.90. The monoisotopic (exact) mass is 322 g/mol. The Balaban J connectivity index is 1.82. The molecule has 100 valence electrons. The molecular weight excluding hydrogens is 308 g/mol. The molecule has 2 rings (SSSR count). The van der Waals surface area contributed by atoms with E-state index in [1.54, 1.807) is 4.90 Å². The van der Waals surface area contributed by atoms with E-state index in [9.17, 15) is 4.79 Å². The van der Waals surface area contributed by atoms with E-state index in [0.717, 1.165) is 10.2 Å². The highest BCUT2D eigenvalue weighted by Crippen LogP contribution is 2.19. The summed E-state index contributed by atoms with van der Waals surface area (Å²) in [5.41, 5.74) is 0. The third-order valence-corrected chi connectivity index (χ3v) is 3.60. The lowest BCUT2D eigenvalue weighted by molar-refractivity contribution is -0.134. The van der Waals surface area contributed by atoms with Crippen molar-refractivity contribution in [3.8, 4) is 11.8 Å². The van der Waals surface area contributed by atoms with E-state index in [1.165, 1.54) is 0 Å². The highest BCUT2D eigenvalue weighted by atomic mass is 79.9. The first-order chi connectivity index (χ1) is 9.19. The Labute approximate surface area is 121 Å². The number of nitrogens with zero attached hydrogens (tertiary/aromatic N) is 2. The van der Waals surface area contributed by atoms with Crippen LogP contribution in [0, 0.1) is 17.2 Å². The van der Waals surface area contributed by atoms with Gasteiger partial charge in [0.15, 0.2) is 0 Å². The molecule has 1 aliphatic heterocycles. The topological polar surface area (TPSA) is 53.3 Å². The first-order valence-corrected chi connectivity index (χ1v) is 7.04. The van der Waals surface area contributed by atoms with Gasteiger partial charge in [0.2, 0.25) is 5.91 Å². The van der Waals surface area contributed by atoms with Crippen molar-refractivity contribution in [2.75, 3.05) is 19.7 Å². The van der Waals surface area contributed by atoms with E-state index < -0.39 is 0 Å². The molecule has 0 spiro atoms. The van der Waals surface area contributed by atoms with Crippen molar-refractivity contribution in [2.24, 2.45) is 5.92 Å². The minimum absolute atomic E-state index is 0.0384. The van der Waals surface area contributed by atoms with Crippen LogP contribution in [-0.2, 0) is 4.79 Å². The Hall–Kier alpha value is -1.54. The van der Waals surface area contributed by atoms with Crippen LogP contribution in [0.25, 0.3) is 0 Å². The van der Waals surface area contributed by atoms with Gasteiger partial charge in [-0.3, -0.25) is 4.79 Å². The summed E-state index contributed by atoms with van der Waals surface area (Å²) in [6, 6.07) is 9.82. The van der Waals surface area contributed by atoms with Gasteiger partial charge in [-0.15, -0.1) is 0 Å². The molecule has 1 aromatic carbocycles. The number of hydrogen-bond donors (Lipinski definition) is 0. The van der Waals surface area contributed by atoms with Gasteiger partial charge in [0, 0.05) is 17.4 Å². The van der Waals surface area contributed by atoms with E-state index in [4.69, 9.17) is 10.00 Å². The van der Waals surface area contributed by atoms with Crippen LogP contribution in [-0.4, -0.2) is 30.5 Å². The second-order valence-corrected chi connectivity index (χ2v) is 5.43. The lowest BCUT2D eigenvalue weighted by Gasteiger charge is -2.29. The van der Waals surface area contributed by atoms with Gasteiger partial charge in [-0.25, -0.2) is 0 Å². The van der Waals surface area contributed by atoms with Crippen LogP contribution in [0.1, 0.15) is 12.8 Å². The Bertz CT molecular complexity index is 498. The maximum Gasteiger partial charge on any atom is 0.222 e. The molecule has 0 radical (unpaired) electrons. The summed E-state index contributed by atoms with van der Waals surface area (Å²) in [7, 11) is 0. The molecule has 1 aliphatic rings. The van der Waals surface area contributed by atoms with Gasteiger partial charge in [0.1, 0.15) is 12.4 Å². The number of likely N-dealkylation sites (tertiary alicyclic amines) is 1. The number of amides is 1. The number of rotatable bonds is 4. The fourth-order valence-electron chi connectivity index (χ4n) is 2.07. The molecule has 0 aliphatic carbocycles. The zero-order valence-corrected chi connectivity index (χ0v) is 12.1. The lowest BCUT2D eigenvalue weighted by atomic mass is 9.99. The fraction of sp³-hybridized carbons (Fsp3) is 0.429. The molecule has 1 fully saturated rings. The molecule has 4 nitrogen and oxygen atoms in total. The van der Waals surface area contributed by atoms with Gasteiger partial charge in [-0.1, -0.05) is 22.0 Å². The number of ether oxygens (including phenoxy) is 1. The molecule has 0 bridgehead atoms. The number of nitriles is 1. The van der Waals surface area contributed by atoms with Crippen molar-refractivity contribution < 1.29 is 9.53 Å². The van der Waals surface area contributed by atoms with E-state index >= 15 is 0 Å². The van der Waals surface area contributed by atoms with E-state index in [1.807, 2.05) is 24.3 Å². The summed E-state index contributed by atoms with van der Waals surface area (Å²) in [4.78, 5) is 13.4. The Morgan fingerprint density at radius 1 is 1.53 bits per heavy atom. The average Bonchev–Trinajstić information content (AvgIpc) is 2.41. The zero-order valence-electron chi connectivity index (χ0n) is 10.5. The summed E-state index contributed by atoms with van der Waals surface area (Å²) < 4.78 is 6.56. The minimum atomic E-state index is -0.0384. The van der Waals surface area contributed by atoms with Crippen molar-refractivity contribution in [2.45, 2.75) is 12.8 Å². The lowest BCUT2D eigenvalue weighted by Crippen LogP contribution is -2.41. The third kappa shape index (κ3) is 3.97. The summed E-state index contributed by atoms with van der Waals surface area (Å²) in [6.07, 6.45) is 1.15. The number of benzene rings is 1. The van der Waals surface area contributed by atoms with Crippen LogP contribution in [0.3, 0.4) is 0 Å². The van der Waals surface area contributed by atoms with Crippen molar-refractivity contribution in [1.82, 2.24) is 4.90 Å². The molecule has 0 aromatic heterocycles. The second-order valence-electron chi connectivity index (χ2n) is 4.51. The number of hydrogen-bond acceptors (Lipinski definition) is 3. The minimum Gasteiger partial charge on any atom is -0.492 e. The molecule has 1 amide bonds. The smallest absolute Gasteiger partial charge is 0.222 e. The van der Waals surface area contributed by atoms with Crippen LogP contribution < -0.4 is 4.74 Å². The van der Waals surface area contributed by atoms with Gasteiger partial charge < -0.3 is 9.64 Å². The molecule has 1 aromatic rings. The first-order valence-electron chi connectivity index (χ1n) is 6.25. The van der Waals surface area contributed by atoms with Crippen LogP contribution in [0.4, 0.5) is 0 Å². The van der Waals surface area contributed by atoms with Crippen molar-refractivity contribution in [3.05, 3.63) is 28.7 Å². The van der Waals surface area contributed by atoms with Gasteiger partial charge >= 0.3 is 0 Å². The molecular formula is C14H15BrN2O2. The predicted octanol–water partition coefficient (Wildman–Crippen LogP) is 2.59. The van der Waals surface area contributed by atoms with Crippen molar-refractivity contribution >= 4 is 21.8 Å². The normalized spacial score (nSPS) is 19.1. The Kier molecular flexibility index (Phi) is 4.80. The molecule has 1 saturated heterocycles. The van der Waals surface area contributed by atoms with E-state index in [-0.39, 0.29) is 11.8 Å². The molecule has 5 heteroatoms. The van der Waals surface area contributed by atoms with Crippen molar-refractivity contribution in [1.29, 1.82) is 5.26 Å². The number of halogens is 1. The molecule has 1 unspecified atom stereocenters. The SMILES string of the molecule is N#CC1CCC(=O)N(CCOc2cccc(Br)c2)C1. The zero-order chi connectivity index (χ0) is 13.7. The molecule has 1 heterocycles. The number of carbonyl (C=O) groups is 1. The Morgan fingerprint density at radius 3 is 3.11 bits per heavy atom. The summed E-state index contributed by atoms with van der Waals surface area (Å²) >= 11 is 3.38. The van der Waals surface area contributed by atoms with Crippen LogP contribution in [0.15, 0.2) is 28.7 Å². The van der Waals surface area contributed by atoms with Gasteiger partial charge in [-0.2, -0.15) is 5.26 Å². The summed E-state index contributed by atoms with van der Waals surface area (Å²) in [6.45, 7) is 1.50. The molecule has 19 heavy (non-hydrogen) atoms. The largest absolute Gasteiger partial charge is 0.492 e. The van der Waals surface area contributed by atoms with Gasteiger partial charge in [-0.05, 0) is 24.6 Å². The summed E-state index contributed by atoms with van der Waals surface area (Å²) in [5.74, 6) is 0.851. The highest BCUT2D eigenvalue weighted by molar-refractivity contribution is 9.10. The standard InChI is InChI=1S/C14H15BrN2O2/c15-12-2-1-3-13(8-12)19-7-6-17-10-11(9-16)4-5-14(17)18/h1-3,8,11H,4-7,10H2. The highest BCUT2D eigenvalue weighted by Gasteiger charge is 2.25. The van der Waals surface area contributed by atoms with Crippen LogP contribution in [0.2, 0.25) is 0 Å². The van der Waals surface area contributed by atoms with E-state index in [0.29, 0.717) is 32.5 Å². The van der Waals surface area contributed by atoms with Crippen LogP contribution >= 0.6 is 15.9 Å². The fourth-order valence-corrected chi connectivity index (χ4v) is 2.45. The Morgan fingerprint density at radius 2 is 2.37 bits per heavy atom. The first kappa shape index (κ1) is 13.9. The van der Waals surface area contributed by atoms with Gasteiger partial charge in [0.25, 0.3) is 0 Å². The molecule has 0 saturated carbocycles. The maximum absolute atomic E-state index is 11.7. The van der Waals surface area contributed by atoms with Crippen LogP contribution in [0.5, 0.6) is 5.75 Å². The number of carbonyl (C=O) groups excluding carboxylic acids is 1. The number of piperidine rings is 1. The maximum atomic E-state index is 11.7. The quantitative estimate of drug-likeness (QED) is 0.856. The molecule has 1 atom stereocenters. The second kappa shape index (κ2) is 6.58. The van der Waals surface area contributed by atoms with E-state index in [2.05, 4.69) is 22.0 Å². The molecule has 0 N–H and O–H groups in total.